The molecule has 8 heteroatoms. The number of amides is 1. The zero-order chi connectivity index (χ0) is 21.8. The lowest BCUT2D eigenvalue weighted by atomic mass is 9.86. The van der Waals surface area contributed by atoms with Gasteiger partial charge in [0.05, 0.1) is 19.3 Å². The number of rotatable bonds is 7. The smallest absolute Gasteiger partial charge is 0.257 e. The number of aromatic nitrogens is 2. The second kappa shape index (κ2) is 9.26. The maximum absolute atomic E-state index is 13.1. The average molecular weight is 438 g/mol. The van der Waals surface area contributed by atoms with Gasteiger partial charge in [0.25, 0.3) is 5.56 Å². The van der Waals surface area contributed by atoms with E-state index in [9.17, 15) is 9.59 Å². The summed E-state index contributed by atoms with van der Waals surface area (Å²) in [5, 5.41) is 3.23. The molecule has 2 N–H and O–H groups in total. The molecule has 4 rings (SSSR count). The largest absolute Gasteiger partial charge is 0.493 e. The van der Waals surface area contributed by atoms with Crippen LogP contribution in [-0.2, 0) is 10.5 Å². The molecule has 0 spiro atoms. The maximum Gasteiger partial charge on any atom is 0.257 e. The van der Waals surface area contributed by atoms with Gasteiger partial charge in [-0.15, -0.1) is 0 Å². The summed E-state index contributed by atoms with van der Waals surface area (Å²) < 4.78 is 11.3. The summed E-state index contributed by atoms with van der Waals surface area (Å²) in [5.41, 5.74) is 2.01. The number of methoxy groups -OCH3 is 1. The van der Waals surface area contributed by atoms with Crippen molar-refractivity contribution in [3.8, 4) is 11.5 Å². The Kier molecular flexibility index (Phi) is 6.27. The number of nitrogens with zero attached hydrogens (tertiary/aromatic N) is 1. The molecule has 2 heterocycles. The van der Waals surface area contributed by atoms with Crippen LogP contribution in [0.15, 0.2) is 58.5 Å². The highest BCUT2D eigenvalue weighted by Crippen LogP contribution is 2.42. The molecule has 1 atom stereocenters. The number of carbonyl (C=O) groups is 1. The zero-order valence-electron chi connectivity index (χ0n) is 17.3. The zero-order valence-corrected chi connectivity index (χ0v) is 18.1. The van der Waals surface area contributed by atoms with Crippen molar-refractivity contribution >= 4 is 23.5 Å². The fraction of sp³-hybridized carbons (Fsp3) is 0.261. The molecule has 0 radical (unpaired) electrons. The number of para-hydroxylation sites is 1. The lowest BCUT2D eigenvalue weighted by Crippen LogP contribution is -2.31. The van der Waals surface area contributed by atoms with E-state index in [1.165, 1.54) is 11.8 Å². The Hall–Kier alpha value is -3.26. The Morgan fingerprint density at radius 1 is 1.13 bits per heavy atom. The Balaban J connectivity index is 1.72. The van der Waals surface area contributed by atoms with E-state index in [0.717, 1.165) is 11.1 Å². The van der Waals surface area contributed by atoms with E-state index in [2.05, 4.69) is 15.3 Å². The second-order valence-corrected chi connectivity index (χ2v) is 7.99. The molecule has 1 aliphatic heterocycles. The minimum atomic E-state index is -0.482. The third-order valence-corrected chi connectivity index (χ3v) is 5.99. The second-order valence-electron chi connectivity index (χ2n) is 7.02. The first-order valence-corrected chi connectivity index (χ1v) is 11.0. The summed E-state index contributed by atoms with van der Waals surface area (Å²) in [5.74, 6) is 1.38. The van der Waals surface area contributed by atoms with Crippen LogP contribution >= 0.6 is 11.8 Å². The monoisotopic (exact) mass is 437 g/mol. The van der Waals surface area contributed by atoms with E-state index in [-0.39, 0.29) is 17.9 Å². The van der Waals surface area contributed by atoms with Gasteiger partial charge in [-0.2, -0.15) is 0 Å². The van der Waals surface area contributed by atoms with Gasteiger partial charge in [0.15, 0.2) is 16.7 Å². The van der Waals surface area contributed by atoms with Crippen LogP contribution in [0.3, 0.4) is 0 Å². The van der Waals surface area contributed by atoms with Crippen LogP contribution in [0.1, 0.15) is 36.0 Å². The highest BCUT2D eigenvalue weighted by atomic mass is 32.2. The molecule has 2 aromatic carbocycles. The molecule has 1 aromatic heterocycles. The van der Waals surface area contributed by atoms with Crippen LogP contribution in [0.25, 0.3) is 0 Å². The summed E-state index contributed by atoms with van der Waals surface area (Å²) in [6.45, 7) is 2.31. The van der Waals surface area contributed by atoms with Crippen LogP contribution < -0.4 is 20.3 Å². The molecule has 160 valence electrons. The summed E-state index contributed by atoms with van der Waals surface area (Å²) >= 11 is 1.41. The number of carbonyl (C=O) groups excluding carboxylic acids is 1. The highest BCUT2D eigenvalue weighted by molar-refractivity contribution is 7.98. The van der Waals surface area contributed by atoms with E-state index < -0.39 is 5.92 Å². The molecular weight excluding hydrogens is 414 g/mol. The van der Waals surface area contributed by atoms with E-state index >= 15 is 0 Å². The minimum Gasteiger partial charge on any atom is -0.493 e. The highest BCUT2D eigenvalue weighted by Gasteiger charge is 2.33. The van der Waals surface area contributed by atoms with Crippen molar-refractivity contribution in [2.45, 2.75) is 30.2 Å². The number of anilines is 1. The lowest BCUT2D eigenvalue weighted by molar-refractivity contribution is -0.116. The van der Waals surface area contributed by atoms with Gasteiger partial charge in [-0.1, -0.05) is 54.2 Å². The van der Waals surface area contributed by atoms with Crippen molar-refractivity contribution in [3.63, 3.8) is 0 Å². The van der Waals surface area contributed by atoms with Gasteiger partial charge >= 0.3 is 0 Å². The number of fused-ring (bicyclic) bond motifs is 1. The van der Waals surface area contributed by atoms with Crippen molar-refractivity contribution in [2.24, 2.45) is 0 Å². The predicted molar refractivity (Wildman–Crippen MR) is 120 cm³/mol. The number of H-pyrrole nitrogens is 1. The molecule has 1 aliphatic rings. The van der Waals surface area contributed by atoms with Crippen LogP contribution in [0.4, 0.5) is 5.82 Å². The average Bonchev–Trinajstić information content (AvgIpc) is 2.78. The Bertz CT molecular complexity index is 1150. The molecule has 3 aromatic rings. The van der Waals surface area contributed by atoms with Crippen LogP contribution in [0.5, 0.6) is 11.5 Å². The first-order chi connectivity index (χ1) is 15.1. The predicted octanol–water partition coefficient (Wildman–Crippen LogP) is 3.94. The first-order valence-electron chi connectivity index (χ1n) is 10.0. The van der Waals surface area contributed by atoms with Gasteiger partial charge in [-0.3, -0.25) is 9.59 Å². The lowest BCUT2D eigenvalue weighted by Gasteiger charge is -2.26. The number of hydrogen-bond donors (Lipinski definition) is 2. The number of ether oxygens (including phenoxy) is 2. The van der Waals surface area contributed by atoms with Gasteiger partial charge in [0.1, 0.15) is 5.82 Å². The maximum atomic E-state index is 13.1. The third kappa shape index (κ3) is 4.44. The summed E-state index contributed by atoms with van der Waals surface area (Å²) in [6.07, 6.45) is 0.126. The molecule has 31 heavy (non-hydrogen) atoms. The molecular formula is C23H23N3O4S. The summed E-state index contributed by atoms with van der Waals surface area (Å²) in [6, 6.07) is 15.4. The number of hydrogen-bond acceptors (Lipinski definition) is 6. The van der Waals surface area contributed by atoms with Gasteiger partial charge in [-0.25, -0.2) is 4.98 Å². The van der Waals surface area contributed by atoms with Gasteiger partial charge in [0, 0.05) is 23.7 Å². The van der Waals surface area contributed by atoms with E-state index in [1.54, 1.807) is 13.2 Å². The Morgan fingerprint density at radius 2 is 1.94 bits per heavy atom. The van der Waals surface area contributed by atoms with Gasteiger partial charge < -0.3 is 19.8 Å². The Morgan fingerprint density at radius 3 is 2.68 bits per heavy atom. The normalized spacial score (nSPS) is 15.2. The van der Waals surface area contributed by atoms with Gasteiger partial charge in [-0.05, 0) is 18.6 Å². The molecule has 1 amide bonds. The number of benzene rings is 2. The van der Waals surface area contributed by atoms with Crippen LogP contribution in [0, 0.1) is 0 Å². The topological polar surface area (TPSA) is 93.3 Å². The van der Waals surface area contributed by atoms with E-state index in [1.807, 2.05) is 49.4 Å². The minimum absolute atomic E-state index is 0.126. The third-order valence-electron chi connectivity index (χ3n) is 5.04. The van der Waals surface area contributed by atoms with Crippen molar-refractivity contribution in [1.29, 1.82) is 0 Å². The van der Waals surface area contributed by atoms with E-state index in [4.69, 9.17) is 9.47 Å². The number of nitrogens with one attached hydrogen (secondary N) is 2. The molecule has 0 saturated heterocycles. The van der Waals surface area contributed by atoms with Crippen LogP contribution in [-0.4, -0.2) is 29.6 Å². The van der Waals surface area contributed by atoms with Crippen molar-refractivity contribution in [1.82, 2.24) is 9.97 Å². The number of aromatic amines is 1. The molecule has 0 saturated carbocycles. The van der Waals surface area contributed by atoms with Crippen molar-refractivity contribution in [2.75, 3.05) is 19.0 Å². The molecule has 0 fully saturated rings. The molecule has 7 nitrogen and oxygen atoms in total. The van der Waals surface area contributed by atoms with Gasteiger partial charge in [0.2, 0.25) is 5.91 Å². The summed E-state index contributed by atoms with van der Waals surface area (Å²) in [7, 11) is 1.56. The number of thioether (sulfide) groups is 1. The van der Waals surface area contributed by atoms with Crippen molar-refractivity contribution < 1.29 is 14.3 Å². The van der Waals surface area contributed by atoms with Crippen LogP contribution in [0.2, 0.25) is 0 Å². The van der Waals surface area contributed by atoms with Crippen molar-refractivity contribution in [3.05, 3.63) is 75.6 Å². The summed E-state index contributed by atoms with van der Waals surface area (Å²) in [4.78, 5) is 33.0. The fourth-order valence-corrected chi connectivity index (χ4v) is 4.49. The molecule has 0 bridgehead atoms. The quantitative estimate of drug-likeness (QED) is 0.430. The standard InChI is InChI=1S/C23H23N3O4S/c1-3-30-20-15(10-7-11-17(20)29-2)16-12-18(27)24-21-19(16)22(28)26-23(25-21)31-13-14-8-5-4-6-9-14/h4-11,16H,3,12-13H2,1-2H3,(H2,24,25,26,27,28). The first kappa shape index (κ1) is 21.0. The molecule has 1 unspecified atom stereocenters. The Labute approximate surface area is 184 Å². The SMILES string of the molecule is CCOc1c(OC)cccc1C1CC(=O)Nc2nc(SCc3ccccc3)[nH]c(=O)c21. The molecule has 0 aliphatic carbocycles. The van der Waals surface area contributed by atoms with E-state index in [0.29, 0.717) is 40.4 Å². The fourth-order valence-electron chi connectivity index (χ4n) is 3.68.